The first kappa shape index (κ1) is 21.2. The molecule has 7 nitrogen and oxygen atoms in total. The third-order valence-corrected chi connectivity index (χ3v) is 5.69. The van der Waals surface area contributed by atoms with Gasteiger partial charge in [-0.1, -0.05) is 6.07 Å². The molecule has 4 rings (SSSR count). The van der Waals surface area contributed by atoms with E-state index in [-0.39, 0.29) is 16.9 Å². The zero-order valence-corrected chi connectivity index (χ0v) is 18.2. The Hall–Kier alpha value is -4.00. The van der Waals surface area contributed by atoms with E-state index in [9.17, 15) is 14.7 Å². The second-order valence-electron chi connectivity index (χ2n) is 7.52. The SMILES string of the molecule is COc1ccc(/C(O)=C2/C(=O)C(=O)N(c3ccc(C)c(C)c3)C2c2ccco2)c(OC)c1. The van der Waals surface area contributed by atoms with Gasteiger partial charge in [0.05, 0.1) is 31.6 Å². The van der Waals surface area contributed by atoms with Crippen LogP contribution in [0, 0.1) is 13.8 Å². The molecule has 7 heteroatoms. The number of hydrogen-bond acceptors (Lipinski definition) is 6. The Morgan fingerprint density at radius 3 is 2.41 bits per heavy atom. The third-order valence-electron chi connectivity index (χ3n) is 5.69. The predicted molar refractivity (Wildman–Crippen MR) is 119 cm³/mol. The fraction of sp³-hybridized carbons (Fsp3) is 0.200. The quantitative estimate of drug-likeness (QED) is 0.361. The minimum atomic E-state index is -0.932. The number of aliphatic hydroxyl groups is 1. The maximum atomic E-state index is 13.2. The summed E-state index contributed by atoms with van der Waals surface area (Å²) in [5, 5.41) is 11.2. The summed E-state index contributed by atoms with van der Waals surface area (Å²) < 4.78 is 16.2. The van der Waals surface area contributed by atoms with Crippen LogP contribution in [0.25, 0.3) is 5.76 Å². The van der Waals surface area contributed by atoms with Crippen molar-refractivity contribution in [3.63, 3.8) is 0 Å². The van der Waals surface area contributed by atoms with Gasteiger partial charge in [-0.25, -0.2) is 0 Å². The molecule has 3 aromatic rings. The maximum absolute atomic E-state index is 13.2. The molecule has 0 saturated carbocycles. The molecule has 1 aromatic heterocycles. The van der Waals surface area contributed by atoms with Crippen LogP contribution in [-0.2, 0) is 9.59 Å². The minimum Gasteiger partial charge on any atom is -0.507 e. The molecule has 0 bridgehead atoms. The van der Waals surface area contributed by atoms with Crippen LogP contribution >= 0.6 is 0 Å². The number of rotatable bonds is 5. The van der Waals surface area contributed by atoms with Crippen LogP contribution in [0.5, 0.6) is 11.5 Å². The number of amides is 1. The smallest absolute Gasteiger partial charge is 0.300 e. The Morgan fingerprint density at radius 2 is 1.78 bits per heavy atom. The van der Waals surface area contributed by atoms with Gasteiger partial charge in [0.15, 0.2) is 0 Å². The zero-order valence-electron chi connectivity index (χ0n) is 18.2. The average molecular weight is 433 g/mol. The van der Waals surface area contributed by atoms with Crippen molar-refractivity contribution in [3.8, 4) is 11.5 Å². The van der Waals surface area contributed by atoms with E-state index in [1.54, 1.807) is 36.4 Å². The standard InChI is InChI=1S/C25H23NO6/c1-14-7-8-16(12-15(14)2)26-22(19-6-5-11-32-19)21(24(28)25(26)29)23(27)18-10-9-17(30-3)13-20(18)31-4/h5-13,22,27H,1-4H3/b23-21-. The van der Waals surface area contributed by atoms with E-state index in [1.165, 1.54) is 25.4 Å². The van der Waals surface area contributed by atoms with Gasteiger partial charge >= 0.3 is 0 Å². The molecule has 164 valence electrons. The second kappa shape index (κ2) is 8.26. The van der Waals surface area contributed by atoms with Crippen LogP contribution in [0.2, 0.25) is 0 Å². The minimum absolute atomic E-state index is 0.0772. The number of hydrogen-bond donors (Lipinski definition) is 1. The summed E-state index contributed by atoms with van der Waals surface area (Å²) in [6.45, 7) is 3.90. The number of Topliss-reactive ketones (excluding diaryl/α,β-unsaturated/α-hetero) is 1. The molecule has 1 saturated heterocycles. The monoisotopic (exact) mass is 433 g/mol. The molecule has 1 atom stereocenters. The fourth-order valence-corrected chi connectivity index (χ4v) is 3.83. The number of ether oxygens (including phenoxy) is 2. The summed E-state index contributed by atoms with van der Waals surface area (Å²) in [6.07, 6.45) is 1.46. The molecule has 0 aliphatic carbocycles. The Labute approximate surface area is 185 Å². The van der Waals surface area contributed by atoms with E-state index in [0.29, 0.717) is 22.9 Å². The highest BCUT2D eigenvalue weighted by atomic mass is 16.5. The van der Waals surface area contributed by atoms with Gasteiger partial charge < -0.3 is 19.0 Å². The molecule has 0 spiro atoms. The van der Waals surface area contributed by atoms with Crippen molar-refractivity contribution in [1.82, 2.24) is 0 Å². The molecule has 2 heterocycles. The van der Waals surface area contributed by atoms with Crippen molar-refractivity contribution in [2.24, 2.45) is 0 Å². The van der Waals surface area contributed by atoms with Crippen LogP contribution in [0.4, 0.5) is 5.69 Å². The second-order valence-corrected chi connectivity index (χ2v) is 7.52. The highest BCUT2D eigenvalue weighted by Crippen LogP contribution is 2.44. The van der Waals surface area contributed by atoms with E-state index in [1.807, 2.05) is 26.0 Å². The van der Waals surface area contributed by atoms with Crippen LogP contribution in [0.3, 0.4) is 0 Å². The maximum Gasteiger partial charge on any atom is 0.300 e. The number of aliphatic hydroxyl groups excluding tert-OH is 1. The average Bonchev–Trinajstić information content (AvgIpc) is 3.42. The van der Waals surface area contributed by atoms with Gasteiger partial charge in [0, 0.05) is 11.8 Å². The number of methoxy groups -OCH3 is 2. The molecule has 32 heavy (non-hydrogen) atoms. The van der Waals surface area contributed by atoms with Crippen molar-refractivity contribution in [1.29, 1.82) is 0 Å². The summed E-state index contributed by atoms with van der Waals surface area (Å²) in [5.74, 6) is -0.718. The molecule has 1 fully saturated rings. The lowest BCUT2D eigenvalue weighted by Gasteiger charge is -2.24. The van der Waals surface area contributed by atoms with Crippen molar-refractivity contribution in [2.45, 2.75) is 19.9 Å². The highest BCUT2D eigenvalue weighted by molar-refractivity contribution is 6.51. The van der Waals surface area contributed by atoms with Gasteiger partial charge in [-0.15, -0.1) is 0 Å². The summed E-state index contributed by atoms with van der Waals surface area (Å²) in [4.78, 5) is 27.7. The van der Waals surface area contributed by atoms with Crippen molar-refractivity contribution in [2.75, 3.05) is 19.1 Å². The lowest BCUT2D eigenvalue weighted by atomic mass is 9.98. The van der Waals surface area contributed by atoms with Crippen LogP contribution in [0.1, 0.15) is 28.5 Å². The highest BCUT2D eigenvalue weighted by Gasteiger charge is 2.48. The first-order chi connectivity index (χ1) is 15.4. The van der Waals surface area contributed by atoms with E-state index < -0.39 is 17.7 Å². The molecule has 0 radical (unpaired) electrons. The summed E-state index contributed by atoms with van der Waals surface area (Å²) >= 11 is 0. The van der Waals surface area contributed by atoms with Gasteiger partial charge in [-0.3, -0.25) is 14.5 Å². The first-order valence-corrected chi connectivity index (χ1v) is 10.0. The summed E-state index contributed by atoms with van der Waals surface area (Å²) in [7, 11) is 2.96. The number of carbonyl (C=O) groups excluding carboxylic acids is 2. The van der Waals surface area contributed by atoms with Gasteiger partial charge in [-0.2, -0.15) is 0 Å². The summed E-state index contributed by atoms with van der Waals surface area (Å²) in [5.41, 5.74) is 2.76. The van der Waals surface area contributed by atoms with Crippen molar-refractivity contribution < 1.29 is 28.6 Å². The fourth-order valence-electron chi connectivity index (χ4n) is 3.83. The van der Waals surface area contributed by atoms with Crippen LogP contribution in [0.15, 0.2) is 64.8 Å². The van der Waals surface area contributed by atoms with E-state index >= 15 is 0 Å². The molecule has 1 unspecified atom stereocenters. The molecule has 1 aliphatic heterocycles. The Bertz CT molecular complexity index is 1230. The number of nitrogens with zero attached hydrogens (tertiary/aromatic N) is 1. The Kier molecular flexibility index (Phi) is 5.48. The number of ketones is 1. The van der Waals surface area contributed by atoms with Crippen LogP contribution < -0.4 is 14.4 Å². The number of benzene rings is 2. The molecular weight excluding hydrogens is 410 g/mol. The van der Waals surface area contributed by atoms with Crippen molar-refractivity contribution in [3.05, 3.63) is 82.8 Å². The lowest BCUT2D eigenvalue weighted by molar-refractivity contribution is -0.132. The topological polar surface area (TPSA) is 89.2 Å². The van der Waals surface area contributed by atoms with Gasteiger partial charge in [0.2, 0.25) is 0 Å². The number of carbonyl (C=O) groups is 2. The van der Waals surface area contributed by atoms with Gasteiger partial charge in [0.1, 0.15) is 29.1 Å². The van der Waals surface area contributed by atoms with E-state index in [0.717, 1.165) is 11.1 Å². The number of anilines is 1. The number of furan rings is 1. The Morgan fingerprint density at radius 1 is 1.00 bits per heavy atom. The molecule has 1 aliphatic rings. The predicted octanol–water partition coefficient (Wildman–Crippen LogP) is 4.54. The van der Waals surface area contributed by atoms with E-state index in [4.69, 9.17) is 13.9 Å². The van der Waals surface area contributed by atoms with Gasteiger partial charge in [-0.05, 0) is 61.4 Å². The molecule has 1 N–H and O–H groups in total. The Balaban J connectivity index is 1.94. The summed E-state index contributed by atoms with van der Waals surface area (Å²) in [6, 6.07) is 12.7. The molecular formula is C25H23NO6. The lowest BCUT2D eigenvalue weighted by Crippen LogP contribution is -2.29. The normalized spacial score (nSPS) is 17.6. The zero-order chi connectivity index (χ0) is 23.0. The number of aryl methyl sites for hydroxylation is 2. The largest absolute Gasteiger partial charge is 0.507 e. The first-order valence-electron chi connectivity index (χ1n) is 10.0. The van der Waals surface area contributed by atoms with Gasteiger partial charge in [0.25, 0.3) is 11.7 Å². The van der Waals surface area contributed by atoms with E-state index in [2.05, 4.69) is 0 Å². The third kappa shape index (κ3) is 3.41. The molecule has 1 amide bonds. The van der Waals surface area contributed by atoms with Crippen LogP contribution in [-0.4, -0.2) is 31.0 Å². The van der Waals surface area contributed by atoms with Crippen molar-refractivity contribution >= 4 is 23.1 Å². The molecule has 2 aromatic carbocycles.